The quantitative estimate of drug-likeness (QED) is 0.582. The topological polar surface area (TPSA) is 3.24 Å². The minimum absolute atomic E-state index is 0.724. The van der Waals surface area contributed by atoms with Gasteiger partial charge in [0.15, 0.2) is 0 Å². The smallest absolute Gasteiger partial charge is 0.0127 e. The average Bonchev–Trinajstić information content (AvgIpc) is 2.64. The third-order valence-corrected chi connectivity index (χ3v) is 2.75. The van der Waals surface area contributed by atoms with Gasteiger partial charge in [0, 0.05) is 12.1 Å². The van der Waals surface area contributed by atoms with Crippen molar-refractivity contribution in [1.29, 1.82) is 0 Å². The number of hydrogen-bond donors (Lipinski definition) is 0. The summed E-state index contributed by atoms with van der Waals surface area (Å²) in [4.78, 5) is 2.49. The van der Waals surface area contributed by atoms with Crippen molar-refractivity contribution in [2.24, 2.45) is 5.92 Å². The molecule has 1 fully saturated rings. The maximum absolute atomic E-state index is 2.49. The largest absolute Gasteiger partial charge is 0.301 e. The van der Waals surface area contributed by atoms with E-state index in [1.807, 2.05) is 0 Å². The highest BCUT2D eigenvalue weighted by Gasteiger charge is 2.38. The van der Waals surface area contributed by atoms with Gasteiger partial charge in [0.2, 0.25) is 0 Å². The second-order valence-corrected chi connectivity index (χ2v) is 3.73. The van der Waals surface area contributed by atoms with E-state index in [1.54, 1.807) is 0 Å². The minimum Gasteiger partial charge on any atom is -0.301 e. The molecule has 0 radical (unpaired) electrons. The van der Waals surface area contributed by atoms with Crippen molar-refractivity contribution in [3.63, 3.8) is 0 Å². The molecule has 1 aliphatic rings. The first kappa shape index (κ1) is 8.06. The van der Waals surface area contributed by atoms with Crippen molar-refractivity contribution < 1.29 is 0 Å². The fourth-order valence-electron chi connectivity index (χ4n) is 1.55. The average molecular weight is 141 g/mol. The van der Waals surface area contributed by atoms with Crippen molar-refractivity contribution in [3.05, 3.63) is 0 Å². The Morgan fingerprint density at radius 1 is 1.50 bits per heavy atom. The summed E-state index contributed by atoms with van der Waals surface area (Å²) >= 11 is 0. The summed E-state index contributed by atoms with van der Waals surface area (Å²) in [7, 11) is 2.24. The van der Waals surface area contributed by atoms with Crippen LogP contribution >= 0.6 is 0 Å². The Hall–Kier alpha value is -0.0400. The predicted molar refractivity (Wildman–Crippen MR) is 45.1 cm³/mol. The second kappa shape index (κ2) is 2.91. The van der Waals surface area contributed by atoms with Crippen molar-refractivity contribution in [2.45, 2.75) is 45.7 Å². The maximum Gasteiger partial charge on any atom is 0.0127 e. The minimum atomic E-state index is 0.724. The standard InChI is InChI=1S/C9H19N/c1-5-8-6-9(8)10(4)7(2)3/h7-9H,5-6H2,1-4H3. The molecule has 1 heteroatoms. The molecule has 0 heterocycles. The van der Waals surface area contributed by atoms with Crippen LogP contribution in [-0.4, -0.2) is 24.0 Å². The first-order valence-electron chi connectivity index (χ1n) is 4.38. The van der Waals surface area contributed by atoms with Crippen LogP contribution in [0.5, 0.6) is 0 Å². The van der Waals surface area contributed by atoms with Crippen molar-refractivity contribution in [1.82, 2.24) is 4.90 Å². The van der Waals surface area contributed by atoms with Crippen LogP contribution in [0.4, 0.5) is 0 Å². The number of rotatable bonds is 3. The predicted octanol–water partition coefficient (Wildman–Crippen LogP) is 2.13. The number of nitrogens with zero attached hydrogens (tertiary/aromatic N) is 1. The normalized spacial score (nSPS) is 31.8. The summed E-state index contributed by atoms with van der Waals surface area (Å²) in [5.41, 5.74) is 0. The zero-order valence-electron chi connectivity index (χ0n) is 7.59. The third kappa shape index (κ3) is 1.51. The molecule has 1 rings (SSSR count). The van der Waals surface area contributed by atoms with Gasteiger partial charge in [-0.1, -0.05) is 13.3 Å². The fourth-order valence-corrected chi connectivity index (χ4v) is 1.55. The molecule has 0 aliphatic heterocycles. The summed E-state index contributed by atoms with van der Waals surface area (Å²) in [5, 5.41) is 0. The summed E-state index contributed by atoms with van der Waals surface area (Å²) in [6.45, 7) is 6.83. The van der Waals surface area contributed by atoms with Crippen molar-refractivity contribution in [3.8, 4) is 0 Å². The number of hydrogen-bond acceptors (Lipinski definition) is 1. The van der Waals surface area contributed by atoms with Gasteiger partial charge in [0.1, 0.15) is 0 Å². The van der Waals surface area contributed by atoms with Gasteiger partial charge in [-0.25, -0.2) is 0 Å². The molecule has 60 valence electrons. The van der Waals surface area contributed by atoms with E-state index < -0.39 is 0 Å². The monoisotopic (exact) mass is 141 g/mol. The van der Waals surface area contributed by atoms with Crippen molar-refractivity contribution in [2.75, 3.05) is 7.05 Å². The van der Waals surface area contributed by atoms with Gasteiger partial charge in [-0.05, 0) is 33.2 Å². The molecule has 0 aromatic carbocycles. The lowest BCUT2D eigenvalue weighted by molar-refractivity contribution is 0.251. The molecule has 1 aliphatic carbocycles. The molecule has 1 saturated carbocycles. The van der Waals surface area contributed by atoms with Crippen molar-refractivity contribution >= 4 is 0 Å². The highest BCUT2D eigenvalue weighted by molar-refractivity contribution is 4.93. The highest BCUT2D eigenvalue weighted by atomic mass is 15.2. The van der Waals surface area contributed by atoms with E-state index in [0.29, 0.717) is 0 Å². The molecule has 2 atom stereocenters. The second-order valence-electron chi connectivity index (χ2n) is 3.73. The molecule has 0 N–H and O–H groups in total. The Kier molecular flexibility index (Phi) is 2.35. The maximum atomic E-state index is 2.49. The van der Waals surface area contributed by atoms with Crippen LogP contribution in [0.3, 0.4) is 0 Å². The summed E-state index contributed by atoms with van der Waals surface area (Å²) in [5.74, 6) is 1.01. The zero-order valence-corrected chi connectivity index (χ0v) is 7.59. The van der Waals surface area contributed by atoms with Crippen LogP contribution < -0.4 is 0 Å². The van der Waals surface area contributed by atoms with E-state index in [4.69, 9.17) is 0 Å². The van der Waals surface area contributed by atoms with Gasteiger partial charge >= 0.3 is 0 Å². The van der Waals surface area contributed by atoms with E-state index >= 15 is 0 Å². The molecule has 2 unspecified atom stereocenters. The summed E-state index contributed by atoms with van der Waals surface area (Å²) < 4.78 is 0. The van der Waals surface area contributed by atoms with Crippen LogP contribution in [0.2, 0.25) is 0 Å². The van der Waals surface area contributed by atoms with Gasteiger partial charge in [0.25, 0.3) is 0 Å². The molecule has 0 aromatic rings. The molecule has 1 nitrogen and oxygen atoms in total. The molecule has 0 bridgehead atoms. The molecule has 0 saturated heterocycles. The fraction of sp³-hybridized carbons (Fsp3) is 1.00. The van der Waals surface area contributed by atoms with Gasteiger partial charge in [-0.2, -0.15) is 0 Å². The Morgan fingerprint density at radius 2 is 2.10 bits per heavy atom. The van der Waals surface area contributed by atoms with Gasteiger partial charge in [-0.3, -0.25) is 0 Å². The first-order valence-corrected chi connectivity index (χ1v) is 4.38. The van der Waals surface area contributed by atoms with Crippen LogP contribution in [0.1, 0.15) is 33.6 Å². The van der Waals surface area contributed by atoms with Gasteiger partial charge < -0.3 is 4.90 Å². The first-order chi connectivity index (χ1) is 4.66. The molecule has 0 spiro atoms. The lowest BCUT2D eigenvalue weighted by Crippen LogP contribution is -2.29. The Morgan fingerprint density at radius 3 is 2.40 bits per heavy atom. The third-order valence-electron chi connectivity index (χ3n) is 2.75. The lowest BCUT2D eigenvalue weighted by Gasteiger charge is -2.20. The van der Waals surface area contributed by atoms with E-state index in [0.717, 1.165) is 18.0 Å². The van der Waals surface area contributed by atoms with Gasteiger partial charge in [0.05, 0.1) is 0 Å². The van der Waals surface area contributed by atoms with E-state index in [9.17, 15) is 0 Å². The molecular weight excluding hydrogens is 122 g/mol. The van der Waals surface area contributed by atoms with Gasteiger partial charge in [-0.15, -0.1) is 0 Å². The molecular formula is C9H19N. The van der Waals surface area contributed by atoms with Crippen LogP contribution in [0.25, 0.3) is 0 Å². The van der Waals surface area contributed by atoms with Crippen LogP contribution in [-0.2, 0) is 0 Å². The van der Waals surface area contributed by atoms with Crippen LogP contribution in [0, 0.1) is 5.92 Å². The Labute approximate surface area is 64.4 Å². The molecule has 10 heavy (non-hydrogen) atoms. The van der Waals surface area contributed by atoms with E-state index in [-0.39, 0.29) is 0 Å². The lowest BCUT2D eigenvalue weighted by atomic mass is 10.3. The highest BCUT2D eigenvalue weighted by Crippen LogP contribution is 2.38. The van der Waals surface area contributed by atoms with E-state index in [2.05, 4.69) is 32.7 Å². The Bertz CT molecular complexity index is 109. The van der Waals surface area contributed by atoms with Crippen LogP contribution in [0.15, 0.2) is 0 Å². The molecule has 0 aromatic heterocycles. The zero-order chi connectivity index (χ0) is 7.72. The SMILES string of the molecule is CCC1CC1N(C)C(C)C. The summed E-state index contributed by atoms with van der Waals surface area (Å²) in [6, 6.07) is 1.63. The summed E-state index contributed by atoms with van der Waals surface area (Å²) in [6.07, 6.45) is 2.80. The van der Waals surface area contributed by atoms with E-state index in [1.165, 1.54) is 12.8 Å². The molecule has 0 amide bonds. The Balaban J connectivity index is 2.25.